The van der Waals surface area contributed by atoms with E-state index < -0.39 is 0 Å². The Morgan fingerprint density at radius 3 is 2.55 bits per heavy atom. The van der Waals surface area contributed by atoms with Gasteiger partial charge in [0.1, 0.15) is 5.03 Å². The van der Waals surface area contributed by atoms with Crippen molar-refractivity contribution in [3.05, 3.63) is 35.9 Å². The molecule has 2 aromatic rings. The van der Waals surface area contributed by atoms with Crippen molar-refractivity contribution >= 4 is 29.4 Å². The van der Waals surface area contributed by atoms with Gasteiger partial charge in [-0.1, -0.05) is 17.8 Å². The third kappa shape index (κ3) is 6.35. The first kappa shape index (κ1) is 20.9. The van der Waals surface area contributed by atoms with Crippen molar-refractivity contribution in [1.82, 2.24) is 15.5 Å². The zero-order valence-corrected chi connectivity index (χ0v) is 17.3. The molecule has 1 aliphatic rings. The van der Waals surface area contributed by atoms with Crippen LogP contribution >= 0.6 is 11.8 Å². The van der Waals surface area contributed by atoms with Crippen LogP contribution in [0.2, 0.25) is 0 Å². The van der Waals surface area contributed by atoms with Crippen molar-refractivity contribution in [1.29, 1.82) is 0 Å². The van der Waals surface area contributed by atoms with Gasteiger partial charge in [0.15, 0.2) is 17.3 Å². The first-order valence-corrected chi connectivity index (χ1v) is 10.3. The van der Waals surface area contributed by atoms with Gasteiger partial charge in [0, 0.05) is 12.5 Å². The highest BCUT2D eigenvalue weighted by Gasteiger charge is 2.29. The molecule has 0 spiro atoms. The fourth-order valence-electron chi connectivity index (χ4n) is 2.61. The molecule has 29 heavy (non-hydrogen) atoms. The Bertz CT molecular complexity index is 856. The number of ether oxygens (including phenoxy) is 2. The summed E-state index contributed by atoms with van der Waals surface area (Å²) in [5.41, 5.74) is 1.05. The highest BCUT2D eigenvalue weighted by molar-refractivity contribution is 7.99. The van der Waals surface area contributed by atoms with E-state index in [1.807, 2.05) is 18.2 Å². The molecule has 0 atom stereocenters. The molecule has 154 valence electrons. The van der Waals surface area contributed by atoms with Crippen molar-refractivity contribution in [2.45, 2.75) is 24.3 Å². The quantitative estimate of drug-likeness (QED) is 0.573. The number of thioether (sulfide) groups is 1. The predicted molar refractivity (Wildman–Crippen MR) is 110 cm³/mol. The lowest BCUT2D eigenvalue weighted by atomic mass is 10.1. The monoisotopic (exact) mass is 416 g/mol. The van der Waals surface area contributed by atoms with Gasteiger partial charge >= 0.3 is 0 Å². The van der Waals surface area contributed by atoms with Crippen molar-refractivity contribution in [2.24, 2.45) is 5.92 Å². The highest BCUT2D eigenvalue weighted by atomic mass is 32.2. The van der Waals surface area contributed by atoms with E-state index in [1.165, 1.54) is 11.8 Å². The summed E-state index contributed by atoms with van der Waals surface area (Å²) in [6.45, 7) is 0.521. The van der Waals surface area contributed by atoms with E-state index in [4.69, 9.17) is 9.47 Å². The van der Waals surface area contributed by atoms with Crippen LogP contribution in [0, 0.1) is 5.92 Å². The lowest BCUT2D eigenvalue weighted by Gasteiger charge is -2.10. The van der Waals surface area contributed by atoms with Gasteiger partial charge < -0.3 is 20.1 Å². The number of aromatic nitrogens is 2. The van der Waals surface area contributed by atoms with Crippen LogP contribution in [0.15, 0.2) is 35.4 Å². The number of methoxy groups -OCH3 is 2. The Morgan fingerprint density at radius 1 is 1.10 bits per heavy atom. The minimum atomic E-state index is -0.0802. The molecule has 1 aromatic heterocycles. The molecule has 0 saturated heterocycles. The fraction of sp³-hybridized carbons (Fsp3) is 0.400. The van der Waals surface area contributed by atoms with Crippen LogP contribution in [0.1, 0.15) is 18.4 Å². The van der Waals surface area contributed by atoms with E-state index in [0.29, 0.717) is 35.3 Å². The van der Waals surface area contributed by atoms with Gasteiger partial charge in [0.05, 0.1) is 20.0 Å². The van der Waals surface area contributed by atoms with Crippen molar-refractivity contribution in [2.75, 3.05) is 31.8 Å². The molecular weight excluding hydrogens is 392 g/mol. The number of benzene rings is 1. The van der Waals surface area contributed by atoms with Crippen molar-refractivity contribution in [3.8, 4) is 11.5 Å². The Balaban J connectivity index is 1.38. The summed E-state index contributed by atoms with van der Waals surface area (Å²) in [5, 5.41) is 14.3. The van der Waals surface area contributed by atoms with Gasteiger partial charge in [-0.05, 0) is 49.1 Å². The minimum absolute atomic E-state index is 0.00596. The summed E-state index contributed by atoms with van der Waals surface area (Å²) in [6.07, 6.45) is 2.56. The van der Waals surface area contributed by atoms with Gasteiger partial charge in [-0.25, -0.2) is 0 Å². The number of nitrogens with one attached hydrogen (secondary N) is 2. The Hall–Kier alpha value is -2.81. The van der Waals surface area contributed by atoms with Crippen molar-refractivity contribution < 1.29 is 19.1 Å². The van der Waals surface area contributed by atoms with Crippen LogP contribution in [0.5, 0.6) is 11.5 Å². The summed E-state index contributed by atoms with van der Waals surface area (Å²) in [7, 11) is 3.19. The number of carbonyl (C=O) groups is 2. The molecule has 3 rings (SSSR count). The van der Waals surface area contributed by atoms with E-state index in [0.717, 1.165) is 18.4 Å². The maximum atomic E-state index is 12.0. The second kappa shape index (κ2) is 10.1. The standard InChI is InChI=1S/C20H24N4O4S/c1-27-15-6-3-13(11-16(15)28-2)9-10-21-18(25)12-29-19-8-7-17(23-24-19)22-20(26)14-4-5-14/h3,6-8,11,14H,4-5,9-10,12H2,1-2H3,(H,21,25)(H,22,23,26). The van der Waals surface area contributed by atoms with Crippen LogP contribution in [-0.2, 0) is 16.0 Å². The van der Waals surface area contributed by atoms with Gasteiger partial charge in [-0.2, -0.15) is 0 Å². The van der Waals surface area contributed by atoms with Gasteiger partial charge in [0.25, 0.3) is 0 Å². The number of nitrogens with zero attached hydrogens (tertiary/aromatic N) is 2. The molecule has 1 heterocycles. The average Bonchev–Trinajstić information content (AvgIpc) is 3.58. The van der Waals surface area contributed by atoms with Gasteiger partial charge in [-0.15, -0.1) is 10.2 Å². The van der Waals surface area contributed by atoms with E-state index in [9.17, 15) is 9.59 Å². The molecule has 1 fully saturated rings. The molecule has 2 amide bonds. The molecule has 0 radical (unpaired) electrons. The molecular formula is C20H24N4O4S. The molecule has 0 aliphatic heterocycles. The summed E-state index contributed by atoms with van der Waals surface area (Å²) >= 11 is 1.30. The van der Waals surface area contributed by atoms with Crippen LogP contribution in [0.4, 0.5) is 5.82 Å². The number of hydrogen-bond donors (Lipinski definition) is 2. The summed E-state index contributed by atoms with van der Waals surface area (Å²) in [6, 6.07) is 9.14. The summed E-state index contributed by atoms with van der Waals surface area (Å²) in [5.74, 6) is 2.06. The van der Waals surface area contributed by atoms with Crippen LogP contribution in [0.3, 0.4) is 0 Å². The third-order valence-electron chi connectivity index (χ3n) is 4.37. The van der Waals surface area contributed by atoms with Crippen LogP contribution < -0.4 is 20.1 Å². The molecule has 9 heteroatoms. The number of hydrogen-bond acceptors (Lipinski definition) is 7. The third-order valence-corrected chi connectivity index (χ3v) is 5.29. The van der Waals surface area contributed by atoms with E-state index >= 15 is 0 Å². The maximum absolute atomic E-state index is 12.0. The number of carbonyl (C=O) groups excluding carboxylic acids is 2. The lowest BCUT2D eigenvalue weighted by molar-refractivity contribution is -0.118. The topological polar surface area (TPSA) is 102 Å². The normalized spacial score (nSPS) is 12.9. The molecule has 1 aromatic carbocycles. The first-order valence-electron chi connectivity index (χ1n) is 9.34. The van der Waals surface area contributed by atoms with Crippen LogP contribution in [0.25, 0.3) is 0 Å². The second-order valence-corrected chi connectivity index (χ2v) is 7.59. The average molecular weight is 417 g/mol. The fourth-order valence-corrected chi connectivity index (χ4v) is 3.25. The van der Waals surface area contributed by atoms with E-state index in [-0.39, 0.29) is 23.5 Å². The van der Waals surface area contributed by atoms with E-state index in [1.54, 1.807) is 26.4 Å². The smallest absolute Gasteiger partial charge is 0.230 e. The Labute approximate surface area is 173 Å². The second-order valence-electron chi connectivity index (χ2n) is 6.60. The van der Waals surface area contributed by atoms with Crippen molar-refractivity contribution in [3.63, 3.8) is 0 Å². The zero-order valence-electron chi connectivity index (χ0n) is 16.4. The highest BCUT2D eigenvalue weighted by Crippen LogP contribution is 2.30. The first-order chi connectivity index (χ1) is 14.1. The SMILES string of the molecule is COc1ccc(CCNC(=O)CSc2ccc(NC(=O)C3CC3)nn2)cc1OC. The molecule has 0 bridgehead atoms. The molecule has 0 unspecified atom stereocenters. The Morgan fingerprint density at radius 2 is 1.90 bits per heavy atom. The number of anilines is 1. The minimum Gasteiger partial charge on any atom is -0.493 e. The van der Waals surface area contributed by atoms with E-state index in [2.05, 4.69) is 20.8 Å². The largest absolute Gasteiger partial charge is 0.493 e. The molecule has 8 nitrogen and oxygen atoms in total. The Kier molecular flexibility index (Phi) is 7.29. The number of amides is 2. The summed E-state index contributed by atoms with van der Waals surface area (Å²) < 4.78 is 10.5. The lowest BCUT2D eigenvalue weighted by Crippen LogP contribution is -2.27. The number of rotatable bonds is 10. The predicted octanol–water partition coefficient (Wildman–Crippen LogP) is 2.29. The van der Waals surface area contributed by atoms with Gasteiger partial charge in [0.2, 0.25) is 11.8 Å². The maximum Gasteiger partial charge on any atom is 0.230 e. The zero-order chi connectivity index (χ0) is 20.6. The van der Waals surface area contributed by atoms with Gasteiger partial charge in [-0.3, -0.25) is 9.59 Å². The molecule has 1 saturated carbocycles. The molecule has 1 aliphatic carbocycles. The van der Waals surface area contributed by atoms with Crippen LogP contribution in [-0.4, -0.2) is 48.5 Å². The summed E-state index contributed by atoms with van der Waals surface area (Å²) in [4.78, 5) is 23.7. The molecule has 2 N–H and O–H groups in total.